The maximum Gasteiger partial charge on any atom is 0.318 e. The summed E-state index contributed by atoms with van der Waals surface area (Å²) >= 11 is 0. The van der Waals surface area contributed by atoms with E-state index >= 15 is 0 Å². The zero-order valence-corrected chi connectivity index (χ0v) is 10.8. The molecule has 0 saturated heterocycles. The minimum absolute atomic E-state index is 0.172. The number of primary amides is 1. The van der Waals surface area contributed by atoms with Gasteiger partial charge in [0.1, 0.15) is 0 Å². The summed E-state index contributed by atoms with van der Waals surface area (Å²) in [5, 5.41) is 7.33. The SMILES string of the molecule is C=CCNC(=O)c1ccccc1NCC(=O)NC(N)=O. The first-order valence-electron chi connectivity index (χ1n) is 5.86. The summed E-state index contributed by atoms with van der Waals surface area (Å²) < 4.78 is 0. The fraction of sp³-hybridized carbons (Fsp3) is 0.154. The number of urea groups is 1. The van der Waals surface area contributed by atoms with Gasteiger partial charge in [-0.1, -0.05) is 18.2 Å². The molecule has 0 spiro atoms. The molecule has 1 rings (SSSR count). The molecule has 0 radical (unpaired) electrons. The Morgan fingerprint density at radius 1 is 1.25 bits per heavy atom. The molecule has 5 N–H and O–H groups in total. The van der Waals surface area contributed by atoms with Crippen molar-refractivity contribution < 1.29 is 14.4 Å². The summed E-state index contributed by atoms with van der Waals surface area (Å²) in [6, 6.07) is 5.78. The topological polar surface area (TPSA) is 113 Å². The molecule has 1 aromatic carbocycles. The first-order valence-corrected chi connectivity index (χ1v) is 5.86. The third kappa shape index (κ3) is 4.81. The third-order valence-electron chi connectivity index (χ3n) is 2.28. The molecule has 7 heteroatoms. The van der Waals surface area contributed by atoms with Gasteiger partial charge in [-0.3, -0.25) is 14.9 Å². The predicted molar refractivity (Wildman–Crippen MR) is 75.2 cm³/mol. The van der Waals surface area contributed by atoms with Gasteiger partial charge in [-0.2, -0.15) is 0 Å². The van der Waals surface area contributed by atoms with Crippen LogP contribution < -0.4 is 21.7 Å². The highest BCUT2D eigenvalue weighted by Crippen LogP contribution is 2.14. The summed E-state index contributed by atoms with van der Waals surface area (Å²) in [5.41, 5.74) is 5.69. The smallest absolute Gasteiger partial charge is 0.318 e. The van der Waals surface area contributed by atoms with Crippen LogP contribution in [0.3, 0.4) is 0 Å². The summed E-state index contributed by atoms with van der Waals surface area (Å²) in [6.45, 7) is 3.68. The monoisotopic (exact) mass is 276 g/mol. The highest BCUT2D eigenvalue weighted by atomic mass is 16.2. The minimum atomic E-state index is -0.922. The average Bonchev–Trinajstić information content (AvgIpc) is 2.42. The lowest BCUT2D eigenvalue weighted by Gasteiger charge is -2.11. The van der Waals surface area contributed by atoms with E-state index in [-0.39, 0.29) is 12.5 Å². The number of nitrogens with one attached hydrogen (secondary N) is 3. The molecule has 0 heterocycles. The molecule has 20 heavy (non-hydrogen) atoms. The number of anilines is 1. The molecule has 0 atom stereocenters. The summed E-state index contributed by atoms with van der Waals surface area (Å²) in [4.78, 5) is 33.7. The number of hydrogen-bond acceptors (Lipinski definition) is 4. The van der Waals surface area contributed by atoms with Crippen molar-refractivity contribution in [2.75, 3.05) is 18.4 Å². The molecule has 7 nitrogen and oxygen atoms in total. The zero-order valence-electron chi connectivity index (χ0n) is 10.8. The number of benzene rings is 1. The first-order chi connectivity index (χ1) is 9.54. The quantitative estimate of drug-likeness (QED) is 0.556. The Labute approximate surface area is 116 Å². The Kier molecular flexibility index (Phi) is 5.76. The van der Waals surface area contributed by atoms with Crippen LogP contribution in [0.2, 0.25) is 0 Å². The molecule has 106 valence electrons. The van der Waals surface area contributed by atoms with Crippen LogP contribution in [0, 0.1) is 0 Å². The van der Waals surface area contributed by atoms with Gasteiger partial charge in [0.2, 0.25) is 5.91 Å². The molecular weight excluding hydrogens is 260 g/mol. The lowest BCUT2D eigenvalue weighted by atomic mass is 10.1. The van der Waals surface area contributed by atoms with Gasteiger partial charge in [0.15, 0.2) is 0 Å². The van der Waals surface area contributed by atoms with E-state index in [2.05, 4.69) is 17.2 Å². The van der Waals surface area contributed by atoms with Crippen LogP contribution in [0.5, 0.6) is 0 Å². The van der Waals surface area contributed by atoms with Gasteiger partial charge < -0.3 is 16.4 Å². The second kappa shape index (κ2) is 7.57. The molecule has 0 aromatic heterocycles. The second-order valence-electron chi connectivity index (χ2n) is 3.81. The number of carbonyl (C=O) groups is 3. The standard InChI is InChI=1S/C13H16N4O3/c1-2-7-15-12(19)9-5-3-4-6-10(9)16-8-11(18)17-13(14)20/h2-6,16H,1,7-8H2,(H,15,19)(H3,14,17,18,20). The maximum absolute atomic E-state index is 11.9. The van der Waals surface area contributed by atoms with E-state index in [4.69, 9.17) is 5.73 Å². The Morgan fingerprint density at radius 3 is 2.60 bits per heavy atom. The highest BCUT2D eigenvalue weighted by molar-refractivity contribution is 6.01. The number of imide groups is 1. The van der Waals surface area contributed by atoms with Gasteiger partial charge in [-0.15, -0.1) is 6.58 Å². The van der Waals surface area contributed by atoms with E-state index in [0.29, 0.717) is 17.8 Å². The number of hydrogen-bond donors (Lipinski definition) is 4. The van der Waals surface area contributed by atoms with Crippen LogP contribution in [0.25, 0.3) is 0 Å². The van der Waals surface area contributed by atoms with Crippen molar-refractivity contribution in [3.63, 3.8) is 0 Å². The van der Waals surface area contributed by atoms with Gasteiger partial charge in [0.05, 0.1) is 12.1 Å². The van der Waals surface area contributed by atoms with E-state index in [0.717, 1.165) is 0 Å². The lowest BCUT2D eigenvalue weighted by molar-refractivity contribution is -0.118. The Balaban J connectivity index is 2.70. The summed E-state index contributed by atoms with van der Waals surface area (Å²) in [5.74, 6) is -0.873. The largest absolute Gasteiger partial charge is 0.375 e. The minimum Gasteiger partial charge on any atom is -0.375 e. The normalized spacial score (nSPS) is 9.40. The molecule has 0 saturated carbocycles. The number of amides is 4. The number of carbonyl (C=O) groups excluding carboxylic acids is 3. The molecule has 1 aromatic rings. The summed E-state index contributed by atoms with van der Waals surface area (Å²) in [6.07, 6.45) is 1.56. The third-order valence-corrected chi connectivity index (χ3v) is 2.28. The fourth-order valence-corrected chi connectivity index (χ4v) is 1.45. The van der Waals surface area contributed by atoms with Crippen LogP contribution >= 0.6 is 0 Å². The van der Waals surface area contributed by atoms with Crippen LogP contribution in [0.15, 0.2) is 36.9 Å². The maximum atomic E-state index is 11.9. The number of para-hydroxylation sites is 1. The molecule has 0 bridgehead atoms. The second-order valence-corrected chi connectivity index (χ2v) is 3.81. The van der Waals surface area contributed by atoms with Gasteiger partial charge in [-0.05, 0) is 12.1 Å². The Morgan fingerprint density at radius 2 is 1.95 bits per heavy atom. The fourth-order valence-electron chi connectivity index (χ4n) is 1.45. The molecule has 0 unspecified atom stereocenters. The predicted octanol–water partition coefficient (Wildman–Crippen LogP) is 0.209. The van der Waals surface area contributed by atoms with Gasteiger partial charge >= 0.3 is 6.03 Å². The molecule has 0 aliphatic carbocycles. The van der Waals surface area contributed by atoms with Crippen molar-refractivity contribution in [3.8, 4) is 0 Å². The van der Waals surface area contributed by atoms with Crippen molar-refractivity contribution in [2.45, 2.75) is 0 Å². The van der Waals surface area contributed by atoms with Crippen LogP contribution in [0.4, 0.5) is 10.5 Å². The number of rotatable bonds is 6. The molecule has 0 aliphatic rings. The van der Waals surface area contributed by atoms with E-state index in [9.17, 15) is 14.4 Å². The van der Waals surface area contributed by atoms with E-state index < -0.39 is 11.9 Å². The average molecular weight is 276 g/mol. The number of nitrogens with two attached hydrogens (primary N) is 1. The van der Waals surface area contributed by atoms with E-state index in [1.807, 2.05) is 5.32 Å². The highest BCUT2D eigenvalue weighted by Gasteiger charge is 2.11. The molecular formula is C13H16N4O3. The molecule has 4 amide bonds. The lowest BCUT2D eigenvalue weighted by Crippen LogP contribution is -2.38. The molecule has 0 aliphatic heterocycles. The van der Waals surface area contributed by atoms with E-state index in [1.54, 1.807) is 30.3 Å². The van der Waals surface area contributed by atoms with Crippen LogP contribution in [-0.2, 0) is 4.79 Å². The van der Waals surface area contributed by atoms with Crippen molar-refractivity contribution in [1.29, 1.82) is 0 Å². The summed E-state index contributed by atoms with van der Waals surface area (Å²) in [7, 11) is 0. The van der Waals surface area contributed by atoms with Crippen molar-refractivity contribution in [2.24, 2.45) is 5.73 Å². The van der Waals surface area contributed by atoms with Crippen LogP contribution in [0.1, 0.15) is 10.4 Å². The Hall–Kier alpha value is -2.83. The first kappa shape index (κ1) is 15.2. The zero-order chi connectivity index (χ0) is 15.0. The van der Waals surface area contributed by atoms with Crippen molar-refractivity contribution in [1.82, 2.24) is 10.6 Å². The molecule has 0 fully saturated rings. The van der Waals surface area contributed by atoms with Gasteiger partial charge in [0.25, 0.3) is 5.91 Å². The van der Waals surface area contributed by atoms with Crippen LogP contribution in [-0.4, -0.2) is 30.9 Å². The van der Waals surface area contributed by atoms with Crippen molar-refractivity contribution >= 4 is 23.5 Å². The van der Waals surface area contributed by atoms with E-state index in [1.165, 1.54) is 0 Å². The van der Waals surface area contributed by atoms with Gasteiger partial charge in [-0.25, -0.2) is 4.79 Å². The van der Waals surface area contributed by atoms with Crippen molar-refractivity contribution in [3.05, 3.63) is 42.5 Å². The Bertz CT molecular complexity index is 528. The van der Waals surface area contributed by atoms with Gasteiger partial charge in [0, 0.05) is 12.2 Å².